The summed E-state index contributed by atoms with van der Waals surface area (Å²) >= 11 is 0. The second-order valence-corrected chi connectivity index (χ2v) is 25.2. The highest BCUT2D eigenvalue weighted by Crippen LogP contribution is 2.42. The fourth-order valence-electron chi connectivity index (χ4n) is 15.3. The summed E-state index contributed by atoms with van der Waals surface area (Å²) in [6.45, 7) is 0. The van der Waals surface area contributed by atoms with Crippen LogP contribution in [0, 0.1) is 0 Å². The van der Waals surface area contributed by atoms with Gasteiger partial charge in [0.1, 0.15) is 0 Å². The molecular formula is C92H60N4. The lowest BCUT2D eigenvalue weighted by atomic mass is 10.0. The van der Waals surface area contributed by atoms with Gasteiger partial charge in [-0.2, -0.15) is 0 Å². The third kappa shape index (κ3) is 9.06. The van der Waals surface area contributed by atoms with E-state index in [2.05, 4.69) is 382 Å². The molecule has 0 aliphatic heterocycles. The molecule has 0 fully saturated rings. The molecule has 0 spiro atoms. The molecule has 4 nitrogen and oxygen atoms in total. The van der Waals surface area contributed by atoms with E-state index in [4.69, 9.17) is 0 Å². The van der Waals surface area contributed by atoms with E-state index >= 15 is 0 Å². The zero-order valence-corrected chi connectivity index (χ0v) is 52.4. The van der Waals surface area contributed by atoms with Crippen LogP contribution in [0.15, 0.2) is 364 Å². The predicted octanol–water partition coefficient (Wildman–Crippen LogP) is 24.7. The van der Waals surface area contributed by atoms with Crippen LogP contribution in [-0.4, -0.2) is 18.3 Å². The van der Waals surface area contributed by atoms with Crippen LogP contribution in [0.25, 0.3) is 176 Å². The Balaban J connectivity index is 0.000000135. The number of benzene rings is 16. The highest BCUT2D eigenvalue weighted by Gasteiger charge is 2.20. The van der Waals surface area contributed by atoms with E-state index in [1.54, 1.807) is 0 Å². The lowest BCUT2D eigenvalue weighted by molar-refractivity contribution is 1.18. The molecule has 4 heteroatoms. The van der Waals surface area contributed by atoms with Crippen molar-refractivity contribution >= 4 is 109 Å². The molecule has 20 aromatic rings. The number of rotatable bonds is 8. The fraction of sp³-hybridized carbons (Fsp3) is 0. The molecule has 4 heterocycles. The molecule has 0 N–H and O–H groups in total. The first kappa shape index (κ1) is 54.9. The van der Waals surface area contributed by atoms with Crippen LogP contribution in [0.1, 0.15) is 0 Å². The van der Waals surface area contributed by atoms with Gasteiger partial charge in [0, 0.05) is 65.5 Å². The Kier molecular flexibility index (Phi) is 12.9. The van der Waals surface area contributed by atoms with Crippen LogP contribution in [-0.2, 0) is 0 Å². The summed E-state index contributed by atoms with van der Waals surface area (Å²) in [6, 6.07) is 132. The normalized spacial score (nSPS) is 11.8. The Morgan fingerprint density at radius 3 is 1.07 bits per heavy atom. The van der Waals surface area contributed by atoms with Crippen molar-refractivity contribution < 1.29 is 0 Å². The van der Waals surface area contributed by atoms with Crippen molar-refractivity contribution in [3.63, 3.8) is 0 Å². The van der Waals surface area contributed by atoms with E-state index in [-0.39, 0.29) is 0 Å². The molecule has 0 atom stereocenters. The summed E-state index contributed by atoms with van der Waals surface area (Å²) in [5.74, 6) is 0. The Morgan fingerprint density at radius 1 is 0.135 bits per heavy atom. The Hall–Kier alpha value is -12.8. The maximum Gasteiger partial charge on any atom is 0.0547 e. The minimum atomic E-state index is 1.16. The summed E-state index contributed by atoms with van der Waals surface area (Å²) < 4.78 is 9.66. The second kappa shape index (κ2) is 22.5. The lowest BCUT2D eigenvalue weighted by Gasteiger charge is -2.12. The predicted molar refractivity (Wildman–Crippen MR) is 407 cm³/mol. The van der Waals surface area contributed by atoms with Crippen molar-refractivity contribution in [2.75, 3.05) is 0 Å². The Bertz CT molecular complexity index is 6430. The number of nitrogens with zero attached hydrogens (tertiary/aromatic N) is 4. The van der Waals surface area contributed by atoms with E-state index in [9.17, 15) is 0 Å². The van der Waals surface area contributed by atoms with E-state index in [0.717, 1.165) is 11.4 Å². The van der Waals surface area contributed by atoms with Crippen molar-refractivity contribution in [1.82, 2.24) is 18.3 Å². The van der Waals surface area contributed by atoms with Gasteiger partial charge in [-0.15, -0.1) is 0 Å². The molecule has 0 aliphatic carbocycles. The monoisotopic (exact) mass is 1220 g/mol. The van der Waals surface area contributed by atoms with Gasteiger partial charge in [0.25, 0.3) is 0 Å². The summed E-state index contributed by atoms with van der Waals surface area (Å²) in [5.41, 5.74) is 24.1. The minimum Gasteiger partial charge on any atom is -0.309 e. The average molecular weight is 1220 g/mol. The first-order chi connectivity index (χ1) is 47.6. The van der Waals surface area contributed by atoms with Gasteiger partial charge in [-0.1, -0.05) is 261 Å². The molecule has 4 aromatic heterocycles. The van der Waals surface area contributed by atoms with Crippen molar-refractivity contribution in [1.29, 1.82) is 0 Å². The summed E-state index contributed by atoms with van der Waals surface area (Å²) in [5, 5.41) is 15.1. The number of hydrogen-bond donors (Lipinski definition) is 0. The largest absolute Gasteiger partial charge is 0.309 e. The van der Waals surface area contributed by atoms with Crippen LogP contribution in [0.3, 0.4) is 0 Å². The second-order valence-electron chi connectivity index (χ2n) is 25.2. The molecule has 20 rings (SSSR count). The van der Waals surface area contributed by atoms with Crippen molar-refractivity contribution in [3.8, 4) is 67.3 Å². The van der Waals surface area contributed by atoms with Crippen molar-refractivity contribution in [2.24, 2.45) is 0 Å². The van der Waals surface area contributed by atoms with Crippen LogP contribution in [0.4, 0.5) is 0 Å². The van der Waals surface area contributed by atoms with Gasteiger partial charge < -0.3 is 18.3 Å². The molecule has 0 unspecified atom stereocenters. The molecule has 0 saturated carbocycles. The number of hydrogen-bond acceptors (Lipinski definition) is 0. The van der Waals surface area contributed by atoms with Crippen LogP contribution in [0.2, 0.25) is 0 Å². The zero-order chi connectivity index (χ0) is 63.2. The SMILES string of the molecule is c1ccc(-c2ccc(-n3c4ccccc4c4ccc(-c5ccc6c(c5)c5ccccc5n6-c5cccc6ccccc56)cc43)cc2)cc1.c1ccc(-c2cccc(-n3c4ccccc4c4ccc(-c5ccc6c(c5)c5ccccc5n6-c5ccc6ccccc6c5)cc43)c2)cc1. The average Bonchev–Trinajstić information content (AvgIpc) is 1.66. The third-order valence-electron chi connectivity index (χ3n) is 19.8. The summed E-state index contributed by atoms with van der Waals surface area (Å²) in [4.78, 5) is 0. The molecule has 96 heavy (non-hydrogen) atoms. The van der Waals surface area contributed by atoms with Gasteiger partial charge in [0.15, 0.2) is 0 Å². The number of fused-ring (bicyclic) bond motifs is 14. The summed E-state index contributed by atoms with van der Waals surface area (Å²) in [7, 11) is 0. The maximum atomic E-state index is 2.43. The standard InChI is InChI=1S/2C46H30N2/c1-2-11-31(12-3-1)32-21-25-36(26-22-32)47-43-18-8-6-16-38(43)40-27-23-35(30-46(40)47)34-24-28-45-41(29-34)39-17-7-9-19-44(39)48(45)42-20-10-14-33-13-4-5-15-37(33)42;1-2-11-31(12-3-1)34-15-10-16-37(27-34)48-43-19-8-6-17-39(43)41-25-22-36(30-46(41)48)35-23-26-45-42(29-35)40-18-7-9-20-44(40)47(45)38-24-21-32-13-4-5-14-33(32)28-38/h2*1-30H. The molecular weight excluding hydrogens is 1160 g/mol. The van der Waals surface area contributed by atoms with Gasteiger partial charge in [-0.3, -0.25) is 0 Å². The van der Waals surface area contributed by atoms with Gasteiger partial charge in [-0.05, 0) is 164 Å². The van der Waals surface area contributed by atoms with Crippen molar-refractivity contribution in [2.45, 2.75) is 0 Å². The van der Waals surface area contributed by atoms with E-state index in [0.29, 0.717) is 0 Å². The topological polar surface area (TPSA) is 19.7 Å². The molecule has 0 amide bonds. The quantitative estimate of drug-likeness (QED) is 0.144. The van der Waals surface area contributed by atoms with Crippen LogP contribution < -0.4 is 0 Å². The Morgan fingerprint density at radius 2 is 0.479 bits per heavy atom. The van der Waals surface area contributed by atoms with Gasteiger partial charge in [0.05, 0.1) is 49.8 Å². The van der Waals surface area contributed by atoms with E-state index < -0.39 is 0 Å². The minimum absolute atomic E-state index is 1.16. The smallest absolute Gasteiger partial charge is 0.0547 e. The maximum absolute atomic E-state index is 2.43. The molecule has 0 bridgehead atoms. The van der Waals surface area contributed by atoms with Gasteiger partial charge >= 0.3 is 0 Å². The molecule has 0 aliphatic rings. The lowest BCUT2D eigenvalue weighted by Crippen LogP contribution is -1.95. The molecule has 0 radical (unpaired) electrons. The summed E-state index contributed by atoms with van der Waals surface area (Å²) in [6.07, 6.45) is 0. The number of para-hydroxylation sites is 4. The van der Waals surface area contributed by atoms with E-state index in [1.807, 2.05) is 0 Å². The van der Waals surface area contributed by atoms with Crippen LogP contribution >= 0.6 is 0 Å². The Labute approximate surface area is 554 Å². The molecule has 16 aromatic carbocycles. The molecule has 448 valence electrons. The highest BCUT2D eigenvalue weighted by atomic mass is 15.0. The zero-order valence-electron chi connectivity index (χ0n) is 52.4. The van der Waals surface area contributed by atoms with Crippen molar-refractivity contribution in [3.05, 3.63) is 364 Å². The van der Waals surface area contributed by atoms with E-state index in [1.165, 1.54) is 165 Å². The first-order valence-electron chi connectivity index (χ1n) is 33.0. The van der Waals surface area contributed by atoms with Gasteiger partial charge in [-0.25, -0.2) is 0 Å². The fourth-order valence-corrected chi connectivity index (χ4v) is 15.3. The van der Waals surface area contributed by atoms with Gasteiger partial charge in [0.2, 0.25) is 0 Å². The highest BCUT2D eigenvalue weighted by molar-refractivity contribution is 6.15. The van der Waals surface area contributed by atoms with Crippen LogP contribution in [0.5, 0.6) is 0 Å². The molecule has 0 saturated heterocycles. The third-order valence-corrected chi connectivity index (χ3v) is 19.8. The number of aromatic nitrogens is 4. The first-order valence-corrected chi connectivity index (χ1v) is 33.0.